The van der Waals surface area contributed by atoms with Crippen molar-refractivity contribution in [3.63, 3.8) is 0 Å². The van der Waals surface area contributed by atoms with Gasteiger partial charge in [-0.3, -0.25) is 4.79 Å². The van der Waals surface area contributed by atoms with E-state index in [0.717, 1.165) is 5.56 Å². The zero-order valence-electron chi connectivity index (χ0n) is 9.06. The Hall–Kier alpha value is -1.84. The molecule has 0 heterocycles. The molecule has 86 valence electrons. The van der Waals surface area contributed by atoms with Crippen molar-refractivity contribution in [2.24, 2.45) is 0 Å². The minimum Gasteiger partial charge on any atom is -0.481 e. The van der Waals surface area contributed by atoms with Crippen molar-refractivity contribution in [3.05, 3.63) is 34.9 Å². The average Bonchev–Trinajstić information content (AvgIpc) is 2.16. The summed E-state index contributed by atoms with van der Waals surface area (Å²) in [5.41, 5.74) is 1.94. The number of hydrogen-bond donors (Lipinski definition) is 2. The van der Waals surface area contributed by atoms with Gasteiger partial charge in [-0.15, -0.1) is 0 Å². The predicted octanol–water partition coefficient (Wildman–Crippen LogP) is 2.10. The first-order valence-corrected chi connectivity index (χ1v) is 5.05. The Morgan fingerprint density at radius 3 is 2.50 bits per heavy atom. The third kappa shape index (κ3) is 3.38. The molecule has 0 aliphatic heterocycles. The highest BCUT2D eigenvalue weighted by atomic mass is 16.4. The fraction of sp³-hybridized carbons (Fsp3) is 0.333. The Morgan fingerprint density at radius 2 is 1.94 bits per heavy atom. The molecule has 0 aliphatic rings. The van der Waals surface area contributed by atoms with Crippen molar-refractivity contribution in [2.45, 2.75) is 26.2 Å². The number of aryl methyl sites for hydroxylation is 2. The Balaban J connectivity index is 2.80. The highest BCUT2D eigenvalue weighted by Crippen LogP contribution is 2.14. The van der Waals surface area contributed by atoms with E-state index in [2.05, 4.69) is 0 Å². The van der Waals surface area contributed by atoms with E-state index in [1.807, 2.05) is 6.92 Å². The number of rotatable bonds is 5. The standard InChI is InChI=1S/C12H14O4/c1-8-5-6-10(12(15)16)9(7-8)3-2-4-11(13)14/h5-7H,2-4H2,1H3,(H,13,14)(H,15,16). The van der Waals surface area contributed by atoms with Crippen LogP contribution in [0.3, 0.4) is 0 Å². The lowest BCUT2D eigenvalue weighted by molar-refractivity contribution is -0.137. The van der Waals surface area contributed by atoms with Crippen molar-refractivity contribution in [1.82, 2.24) is 0 Å². The average molecular weight is 222 g/mol. The minimum absolute atomic E-state index is 0.0625. The number of aromatic carboxylic acids is 1. The first-order valence-electron chi connectivity index (χ1n) is 5.05. The quantitative estimate of drug-likeness (QED) is 0.800. The third-order valence-corrected chi connectivity index (χ3v) is 2.33. The normalized spacial score (nSPS) is 10.1. The van der Waals surface area contributed by atoms with Crippen LogP contribution >= 0.6 is 0 Å². The van der Waals surface area contributed by atoms with Crippen LogP contribution in [0, 0.1) is 6.92 Å². The lowest BCUT2D eigenvalue weighted by atomic mass is 9.99. The third-order valence-electron chi connectivity index (χ3n) is 2.33. The largest absolute Gasteiger partial charge is 0.481 e. The summed E-state index contributed by atoms with van der Waals surface area (Å²) in [7, 11) is 0. The van der Waals surface area contributed by atoms with Gasteiger partial charge >= 0.3 is 11.9 Å². The molecule has 0 unspecified atom stereocenters. The van der Waals surface area contributed by atoms with E-state index in [0.29, 0.717) is 18.4 Å². The van der Waals surface area contributed by atoms with Gasteiger partial charge in [0.25, 0.3) is 0 Å². The number of hydrogen-bond acceptors (Lipinski definition) is 2. The molecule has 0 spiro atoms. The van der Waals surface area contributed by atoms with Crippen molar-refractivity contribution >= 4 is 11.9 Å². The molecule has 1 aromatic carbocycles. The molecule has 1 aromatic rings. The van der Waals surface area contributed by atoms with E-state index in [-0.39, 0.29) is 12.0 Å². The van der Waals surface area contributed by atoms with Crippen LogP contribution in [0.25, 0.3) is 0 Å². The smallest absolute Gasteiger partial charge is 0.335 e. The van der Waals surface area contributed by atoms with E-state index in [4.69, 9.17) is 10.2 Å². The molecule has 2 N–H and O–H groups in total. The van der Waals surface area contributed by atoms with Gasteiger partial charge in [-0.25, -0.2) is 4.79 Å². The van der Waals surface area contributed by atoms with Gasteiger partial charge in [0.05, 0.1) is 5.56 Å². The lowest BCUT2D eigenvalue weighted by Crippen LogP contribution is -2.04. The molecule has 0 saturated carbocycles. The Morgan fingerprint density at radius 1 is 1.25 bits per heavy atom. The van der Waals surface area contributed by atoms with Crippen LogP contribution in [0.1, 0.15) is 34.3 Å². The van der Waals surface area contributed by atoms with Gasteiger partial charge in [0.15, 0.2) is 0 Å². The summed E-state index contributed by atoms with van der Waals surface area (Å²) in [6.07, 6.45) is 1.00. The van der Waals surface area contributed by atoms with E-state index in [1.54, 1.807) is 18.2 Å². The number of benzene rings is 1. The molecule has 0 aromatic heterocycles. The molecule has 16 heavy (non-hydrogen) atoms. The Labute approximate surface area is 93.5 Å². The fourth-order valence-corrected chi connectivity index (χ4v) is 1.57. The first kappa shape index (κ1) is 12.2. The minimum atomic E-state index is -0.967. The number of aliphatic carboxylic acids is 1. The molecule has 0 fully saturated rings. The van der Waals surface area contributed by atoms with Gasteiger partial charge in [-0.2, -0.15) is 0 Å². The first-order chi connectivity index (χ1) is 7.50. The second kappa shape index (κ2) is 5.30. The maximum absolute atomic E-state index is 10.9. The Kier molecular flexibility index (Phi) is 4.05. The summed E-state index contributed by atoms with van der Waals surface area (Å²) in [5, 5.41) is 17.5. The van der Waals surface area contributed by atoms with Gasteiger partial charge in [-0.1, -0.05) is 17.7 Å². The molecule has 4 nitrogen and oxygen atoms in total. The number of carboxylic acid groups (broad SMARTS) is 2. The molecular weight excluding hydrogens is 208 g/mol. The Bertz CT molecular complexity index is 409. The topological polar surface area (TPSA) is 74.6 Å². The predicted molar refractivity (Wildman–Crippen MR) is 58.7 cm³/mol. The summed E-state index contributed by atoms with van der Waals surface area (Å²) >= 11 is 0. The van der Waals surface area contributed by atoms with Crippen molar-refractivity contribution in [2.75, 3.05) is 0 Å². The fourth-order valence-electron chi connectivity index (χ4n) is 1.57. The van der Waals surface area contributed by atoms with Crippen LogP contribution in [0.15, 0.2) is 18.2 Å². The highest BCUT2D eigenvalue weighted by Gasteiger charge is 2.10. The molecule has 0 atom stereocenters. The van der Waals surface area contributed by atoms with Gasteiger partial charge < -0.3 is 10.2 Å². The molecule has 0 amide bonds. The van der Waals surface area contributed by atoms with Gasteiger partial charge in [0, 0.05) is 6.42 Å². The summed E-state index contributed by atoms with van der Waals surface area (Å²) in [6, 6.07) is 5.10. The lowest BCUT2D eigenvalue weighted by Gasteiger charge is -2.06. The monoisotopic (exact) mass is 222 g/mol. The summed E-state index contributed by atoms with van der Waals surface area (Å²) < 4.78 is 0. The van der Waals surface area contributed by atoms with Crippen LogP contribution in [-0.4, -0.2) is 22.2 Å². The molecular formula is C12H14O4. The van der Waals surface area contributed by atoms with Gasteiger partial charge in [-0.05, 0) is 31.4 Å². The van der Waals surface area contributed by atoms with Crippen molar-refractivity contribution < 1.29 is 19.8 Å². The zero-order valence-corrected chi connectivity index (χ0v) is 9.06. The molecule has 0 saturated heterocycles. The van der Waals surface area contributed by atoms with E-state index < -0.39 is 11.9 Å². The van der Waals surface area contributed by atoms with Crippen LogP contribution in [-0.2, 0) is 11.2 Å². The van der Waals surface area contributed by atoms with Crippen LogP contribution < -0.4 is 0 Å². The van der Waals surface area contributed by atoms with E-state index in [1.165, 1.54) is 0 Å². The second-order valence-electron chi connectivity index (χ2n) is 3.71. The van der Waals surface area contributed by atoms with E-state index >= 15 is 0 Å². The zero-order chi connectivity index (χ0) is 12.1. The maximum atomic E-state index is 10.9. The van der Waals surface area contributed by atoms with Gasteiger partial charge in [0.2, 0.25) is 0 Å². The molecule has 0 aliphatic carbocycles. The van der Waals surface area contributed by atoms with Crippen molar-refractivity contribution in [1.29, 1.82) is 0 Å². The van der Waals surface area contributed by atoms with Gasteiger partial charge in [0.1, 0.15) is 0 Å². The van der Waals surface area contributed by atoms with E-state index in [9.17, 15) is 9.59 Å². The molecule has 0 radical (unpaired) electrons. The SMILES string of the molecule is Cc1ccc(C(=O)O)c(CCCC(=O)O)c1. The summed E-state index contributed by atoms with van der Waals surface area (Å²) in [5.74, 6) is -1.82. The molecule has 4 heteroatoms. The molecule has 1 rings (SSSR count). The van der Waals surface area contributed by atoms with Crippen LogP contribution in [0.4, 0.5) is 0 Å². The van der Waals surface area contributed by atoms with Crippen LogP contribution in [0.5, 0.6) is 0 Å². The summed E-state index contributed by atoms with van der Waals surface area (Å²) in [6.45, 7) is 1.88. The van der Waals surface area contributed by atoms with Crippen molar-refractivity contribution in [3.8, 4) is 0 Å². The highest BCUT2D eigenvalue weighted by molar-refractivity contribution is 5.89. The number of carboxylic acids is 2. The second-order valence-corrected chi connectivity index (χ2v) is 3.71. The maximum Gasteiger partial charge on any atom is 0.335 e. The number of carbonyl (C=O) groups is 2. The molecule has 0 bridgehead atoms. The summed E-state index contributed by atoms with van der Waals surface area (Å²) in [4.78, 5) is 21.3. The van der Waals surface area contributed by atoms with Crippen LogP contribution in [0.2, 0.25) is 0 Å².